The summed E-state index contributed by atoms with van der Waals surface area (Å²) in [6, 6.07) is 1.56. The zero-order chi connectivity index (χ0) is 18.1. The molecule has 6 nitrogen and oxygen atoms in total. The van der Waals surface area contributed by atoms with E-state index in [-0.39, 0.29) is 20.8 Å². The van der Waals surface area contributed by atoms with Crippen molar-refractivity contribution in [2.45, 2.75) is 16.8 Å². The fourth-order valence-electron chi connectivity index (χ4n) is 1.79. The highest BCUT2D eigenvalue weighted by Gasteiger charge is 2.32. The van der Waals surface area contributed by atoms with Crippen molar-refractivity contribution >= 4 is 25.8 Å². The number of ether oxygens (including phenoxy) is 1. The first-order valence-corrected chi connectivity index (χ1v) is 8.70. The number of alkyl halides is 3. The number of rotatable bonds is 4. The molecule has 0 spiro atoms. The maximum Gasteiger partial charge on any atom is 0.431 e. The van der Waals surface area contributed by atoms with Crippen LogP contribution in [0.2, 0.25) is 0 Å². The summed E-state index contributed by atoms with van der Waals surface area (Å²) in [7, 11) is -2.63. The van der Waals surface area contributed by atoms with Gasteiger partial charge in [0.2, 0.25) is 5.88 Å². The Morgan fingerprint density at radius 3 is 2.50 bits per heavy atom. The molecule has 2 aromatic heterocycles. The van der Waals surface area contributed by atoms with Crippen LogP contribution < -0.4 is 10.2 Å². The van der Waals surface area contributed by atoms with E-state index in [1.165, 1.54) is 13.2 Å². The van der Waals surface area contributed by atoms with Crippen molar-refractivity contribution < 1.29 is 26.3 Å². The van der Waals surface area contributed by atoms with Crippen molar-refractivity contribution in [3.63, 3.8) is 0 Å². The molecule has 0 aliphatic heterocycles. The fourth-order valence-corrected chi connectivity index (χ4v) is 3.77. The number of pyridine rings is 2. The van der Waals surface area contributed by atoms with Gasteiger partial charge in [0, 0.05) is 24.0 Å². The van der Waals surface area contributed by atoms with Gasteiger partial charge in [-0.2, -0.15) is 13.2 Å². The molecule has 0 fully saturated rings. The van der Waals surface area contributed by atoms with E-state index in [0.717, 1.165) is 12.4 Å². The normalized spacial score (nSPS) is 12.2. The topological polar surface area (TPSA) is 89.1 Å². The van der Waals surface area contributed by atoms with Crippen LogP contribution in [0.3, 0.4) is 0 Å². The quantitative estimate of drug-likeness (QED) is 0.811. The van der Waals surface area contributed by atoms with Gasteiger partial charge in [0.1, 0.15) is 5.69 Å². The van der Waals surface area contributed by atoms with Gasteiger partial charge in [-0.3, -0.25) is 4.79 Å². The second-order valence-electron chi connectivity index (χ2n) is 4.66. The first kappa shape index (κ1) is 18.5. The molecule has 0 saturated carbocycles. The summed E-state index contributed by atoms with van der Waals surface area (Å²) >= 11 is 3.09. The third-order valence-electron chi connectivity index (χ3n) is 2.98. The Bertz CT molecular complexity index is 926. The van der Waals surface area contributed by atoms with E-state index in [2.05, 4.69) is 20.9 Å². The maximum absolute atomic E-state index is 12.5. The Morgan fingerprint density at radius 2 is 2.00 bits per heavy atom. The number of aromatic nitrogens is 2. The van der Waals surface area contributed by atoms with Crippen molar-refractivity contribution in [2.75, 3.05) is 7.11 Å². The Morgan fingerprint density at radius 1 is 1.33 bits per heavy atom. The van der Waals surface area contributed by atoms with Crippen LogP contribution in [0.1, 0.15) is 11.3 Å². The summed E-state index contributed by atoms with van der Waals surface area (Å²) in [6.45, 7) is 0. The SMILES string of the molecule is COc1ncc(S(=O)(=O)Cc2c[nH]c(C(F)(F)F)cc2=O)cc1Br. The molecule has 24 heavy (non-hydrogen) atoms. The van der Waals surface area contributed by atoms with Crippen LogP contribution >= 0.6 is 15.9 Å². The van der Waals surface area contributed by atoms with Crippen LogP contribution in [0.25, 0.3) is 0 Å². The fraction of sp³-hybridized carbons (Fsp3) is 0.231. The molecular weight excluding hydrogens is 417 g/mol. The summed E-state index contributed by atoms with van der Waals surface area (Å²) in [6.07, 6.45) is -2.94. The average molecular weight is 427 g/mol. The largest absolute Gasteiger partial charge is 0.480 e. The zero-order valence-corrected chi connectivity index (χ0v) is 14.4. The predicted octanol–water partition coefficient (Wildman–Crippen LogP) is 2.53. The van der Waals surface area contributed by atoms with E-state index in [9.17, 15) is 26.4 Å². The Hall–Kier alpha value is -1.88. The van der Waals surface area contributed by atoms with E-state index in [1.807, 2.05) is 4.98 Å². The summed E-state index contributed by atoms with van der Waals surface area (Å²) in [4.78, 5) is 17.2. The van der Waals surface area contributed by atoms with Gasteiger partial charge in [-0.15, -0.1) is 0 Å². The molecule has 0 aromatic carbocycles. The number of nitrogens with one attached hydrogen (secondary N) is 1. The monoisotopic (exact) mass is 426 g/mol. The molecule has 2 aromatic rings. The molecule has 0 amide bonds. The highest BCUT2D eigenvalue weighted by atomic mass is 79.9. The van der Waals surface area contributed by atoms with Gasteiger partial charge < -0.3 is 9.72 Å². The molecule has 2 rings (SSSR count). The smallest absolute Gasteiger partial charge is 0.431 e. The molecule has 0 saturated heterocycles. The van der Waals surface area contributed by atoms with Crippen LogP contribution in [0.15, 0.2) is 38.7 Å². The summed E-state index contributed by atoms with van der Waals surface area (Å²) in [5.74, 6) is -0.595. The lowest BCUT2D eigenvalue weighted by Gasteiger charge is -2.09. The van der Waals surface area contributed by atoms with E-state index < -0.39 is 32.9 Å². The standard InChI is InChI=1S/C13H10BrF3N2O4S/c1-23-12-9(14)2-8(5-19-12)24(21,22)6-7-4-18-11(3-10(7)20)13(15,16)17/h2-5H,6H2,1H3,(H,18,20). The number of H-pyrrole nitrogens is 1. The lowest BCUT2D eigenvalue weighted by Crippen LogP contribution is -2.19. The van der Waals surface area contributed by atoms with Crippen LogP contribution in [-0.2, 0) is 21.8 Å². The van der Waals surface area contributed by atoms with E-state index in [0.29, 0.717) is 6.07 Å². The molecule has 11 heteroatoms. The minimum Gasteiger partial charge on any atom is -0.480 e. The van der Waals surface area contributed by atoms with Gasteiger partial charge in [-0.05, 0) is 22.0 Å². The molecule has 0 bridgehead atoms. The van der Waals surface area contributed by atoms with Crippen molar-refractivity contribution in [3.05, 3.63) is 50.5 Å². The van der Waals surface area contributed by atoms with Gasteiger partial charge in [0.15, 0.2) is 15.3 Å². The molecule has 0 atom stereocenters. The lowest BCUT2D eigenvalue weighted by molar-refractivity contribution is -0.141. The maximum atomic E-state index is 12.5. The highest BCUT2D eigenvalue weighted by molar-refractivity contribution is 9.10. The Balaban J connectivity index is 2.36. The van der Waals surface area contributed by atoms with Gasteiger partial charge in [0.05, 0.1) is 22.2 Å². The van der Waals surface area contributed by atoms with Crippen LogP contribution in [0.4, 0.5) is 13.2 Å². The van der Waals surface area contributed by atoms with Gasteiger partial charge in [-0.25, -0.2) is 13.4 Å². The lowest BCUT2D eigenvalue weighted by atomic mass is 10.2. The summed E-state index contributed by atoms with van der Waals surface area (Å²) < 4.78 is 67.3. The van der Waals surface area contributed by atoms with Crippen molar-refractivity contribution in [2.24, 2.45) is 0 Å². The third kappa shape index (κ3) is 3.96. The molecule has 0 aliphatic rings. The number of nitrogens with zero attached hydrogens (tertiary/aromatic N) is 1. The number of aromatic amines is 1. The Labute approximate surface area is 142 Å². The summed E-state index contributed by atoms with van der Waals surface area (Å²) in [5, 5.41) is 0. The first-order valence-electron chi connectivity index (χ1n) is 6.25. The average Bonchev–Trinajstić information content (AvgIpc) is 2.48. The van der Waals surface area contributed by atoms with Crippen molar-refractivity contribution in [3.8, 4) is 5.88 Å². The van der Waals surface area contributed by atoms with Crippen molar-refractivity contribution in [1.29, 1.82) is 0 Å². The minimum atomic E-state index is -4.72. The molecule has 0 unspecified atom stereocenters. The highest BCUT2D eigenvalue weighted by Crippen LogP contribution is 2.27. The van der Waals surface area contributed by atoms with Crippen LogP contribution in [0, 0.1) is 0 Å². The van der Waals surface area contributed by atoms with Crippen LogP contribution in [-0.4, -0.2) is 25.5 Å². The van der Waals surface area contributed by atoms with E-state index in [4.69, 9.17) is 4.74 Å². The second kappa shape index (κ2) is 6.55. The van der Waals surface area contributed by atoms with Gasteiger partial charge in [0.25, 0.3) is 0 Å². The van der Waals surface area contributed by atoms with Crippen molar-refractivity contribution in [1.82, 2.24) is 9.97 Å². The van der Waals surface area contributed by atoms with E-state index in [1.54, 1.807) is 0 Å². The molecular formula is C13H10BrF3N2O4S. The zero-order valence-electron chi connectivity index (χ0n) is 12.0. The molecule has 130 valence electrons. The summed E-state index contributed by atoms with van der Waals surface area (Å²) in [5.41, 5.74) is -2.58. The van der Waals surface area contributed by atoms with Crippen LogP contribution in [0.5, 0.6) is 5.88 Å². The van der Waals surface area contributed by atoms with Gasteiger partial charge >= 0.3 is 6.18 Å². The Kier molecular flexibility index (Phi) is 5.04. The number of methoxy groups -OCH3 is 1. The number of halogens is 4. The molecule has 2 heterocycles. The molecule has 0 aliphatic carbocycles. The third-order valence-corrected chi connectivity index (χ3v) is 5.18. The van der Waals surface area contributed by atoms with E-state index >= 15 is 0 Å². The number of sulfone groups is 1. The minimum absolute atomic E-state index is 0.168. The van der Waals surface area contributed by atoms with Gasteiger partial charge in [-0.1, -0.05) is 0 Å². The molecule has 0 radical (unpaired) electrons. The second-order valence-corrected chi connectivity index (χ2v) is 7.50. The first-order chi connectivity index (χ1) is 11.0. The predicted molar refractivity (Wildman–Crippen MR) is 81.4 cm³/mol. The molecule has 1 N–H and O–H groups in total. The number of hydrogen-bond acceptors (Lipinski definition) is 5. The number of hydrogen-bond donors (Lipinski definition) is 1.